The van der Waals surface area contributed by atoms with Gasteiger partial charge in [-0.25, -0.2) is 9.78 Å². The smallest absolute Gasteiger partial charge is 0.336 e. The van der Waals surface area contributed by atoms with E-state index in [1.165, 1.54) is 11.6 Å². The summed E-state index contributed by atoms with van der Waals surface area (Å²) in [6, 6.07) is 33.5. The van der Waals surface area contributed by atoms with Gasteiger partial charge in [-0.1, -0.05) is 61.5 Å². The second-order valence-corrected chi connectivity index (χ2v) is 8.69. The van der Waals surface area contributed by atoms with Crippen LogP contribution in [0, 0.1) is 0 Å². The Bertz CT molecular complexity index is 1500. The zero-order chi connectivity index (χ0) is 25.5. The number of nitrogens with zero attached hydrogens (tertiary/aromatic N) is 2. The van der Waals surface area contributed by atoms with Crippen molar-refractivity contribution >= 4 is 23.1 Å². The molecule has 5 rings (SSSR count). The fraction of sp³-hybridized carbons (Fsp3) is 0.125. The number of aromatic nitrogens is 2. The number of ether oxygens (including phenoxy) is 2. The lowest BCUT2D eigenvalue weighted by atomic mass is 10.2. The average molecular weight is 489 g/mol. The number of benzene rings is 4. The molecule has 0 N–H and O–H groups in total. The van der Waals surface area contributed by atoms with Crippen molar-refractivity contribution in [1.82, 2.24) is 9.55 Å². The molecular weight excluding hydrogens is 460 g/mol. The molecule has 5 nitrogen and oxygen atoms in total. The standard InChI is InChI=1S/C32H28N2O3/c1-2-22-36-27-17-12-24(13-18-27)14-21-31(35)37-28-19-15-26(16-20-28)32-33-29-10-6-7-11-30(29)34(32)23-25-8-4-3-5-9-25/h3-21H,2,22-23H2,1H3/b21-14+. The Labute approximate surface area is 216 Å². The van der Waals surface area contributed by atoms with Crippen LogP contribution in [0.2, 0.25) is 0 Å². The van der Waals surface area contributed by atoms with Gasteiger partial charge in [0.15, 0.2) is 0 Å². The van der Waals surface area contributed by atoms with Crippen molar-refractivity contribution in [2.75, 3.05) is 6.61 Å². The molecule has 0 saturated carbocycles. The van der Waals surface area contributed by atoms with Gasteiger partial charge in [0.1, 0.15) is 17.3 Å². The van der Waals surface area contributed by atoms with Gasteiger partial charge >= 0.3 is 5.97 Å². The number of imidazole rings is 1. The molecule has 0 saturated heterocycles. The molecule has 0 aliphatic rings. The molecule has 37 heavy (non-hydrogen) atoms. The van der Waals surface area contributed by atoms with E-state index in [2.05, 4.69) is 29.7 Å². The molecule has 0 fully saturated rings. The largest absolute Gasteiger partial charge is 0.494 e. The molecule has 1 aromatic heterocycles. The lowest BCUT2D eigenvalue weighted by Gasteiger charge is -2.10. The van der Waals surface area contributed by atoms with Gasteiger partial charge in [-0.15, -0.1) is 0 Å². The van der Waals surface area contributed by atoms with Crippen LogP contribution in [0.1, 0.15) is 24.5 Å². The fourth-order valence-electron chi connectivity index (χ4n) is 4.10. The lowest BCUT2D eigenvalue weighted by Crippen LogP contribution is -2.04. The first-order valence-corrected chi connectivity index (χ1v) is 12.4. The Kier molecular flexibility index (Phi) is 7.42. The van der Waals surface area contributed by atoms with Crippen LogP contribution >= 0.6 is 0 Å². The van der Waals surface area contributed by atoms with Crippen molar-refractivity contribution in [3.8, 4) is 22.9 Å². The highest BCUT2D eigenvalue weighted by Gasteiger charge is 2.13. The third-order valence-corrected chi connectivity index (χ3v) is 5.93. The second-order valence-electron chi connectivity index (χ2n) is 8.69. The van der Waals surface area contributed by atoms with Crippen LogP contribution in [0.4, 0.5) is 0 Å². The van der Waals surface area contributed by atoms with Crippen molar-refractivity contribution in [3.05, 3.63) is 120 Å². The van der Waals surface area contributed by atoms with E-state index >= 15 is 0 Å². The fourth-order valence-corrected chi connectivity index (χ4v) is 4.10. The summed E-state index contributed by atoms with van der Waals surface area (Å²) >= 11 is 0. The summed E-state index contributed by atoms with van der Waals surface area (Å²) in [5, 5.41) is 0. The Hall–Kier alpha value is -4.64. The molecule has 4 aromatic carbocycles. The van der Waals surface area contributed by atoms with Gasteiger partial charge in [-0.05, 0) is 72.2 Å². The number of rotatable bonds is 9. The molecule has 0 amide bonds. The highest BCUT2D eigenvalue weighted by Crippen LogP contribution is 2.27. The van der Waals surface area contributed by atoms with E-state index < -0.39 is 5.97 Å². The molecule has 0 spiro atoms. The maximum absolute atomic E-state index is 12.4. The van der Waals surface area contributed by atoms with Gasteiger partial charge in [0.2, 0.25) is 0 Å². The summed E-state index contributed by atoms with van der Waals surface area (Å²) in [5.41, 5.74) is 5.07. The van der Waals surface area contributed by atoms with Crippen molar-refractivity contribution in [2.24, 2.45) is 0 Å². The van der Waals surface area contributed by atoms with Gasteiger partial charge in [0.05, 0.1) is 17.6 Å². The van der Waals surface area contributed by atoms with Gasteiger partial charge in [0, 0.05) is 18.2 Å². The van der Waals surface area contributed by atoms with E-state index in [0.29, 0.717) is 18.9 Å². The summed E-state index contributed by atoms with van der Waals surface area (Å²) in [6.07, 6.45) is 4.11. The van der Waals surface area contributed by atoms with Gasteiger partial charge in [-0.3, -0.25) is 0 Å². The highest BCUT2D eigenvalue weighted by molar-refractivity contribution is 5.89. The maximum atomic E-state index is 12.4. The van der Waals surface area contributed by atoms with Crippen LogP contribution in [0.15, 0.2) is 109 Å². The predicted octanol–water partition coefficient (Wildman–Crippen LogP) is 7.16. The van der Waals surface area contributed by atoms with E-state index in [-0.39, 0.29) is 0 Å². The van der Waals surface area contributed by atoms with E-state index in [1.807, 2.05) is 72.8 Å². The minimum absolute atomic E-state index is 0.435. The molecule has 0 atom stereocenters. The first kappa shape index (κ1) is 24.1. The predicted molar refractivity (Wildman–Crippen MR) is 148 cm³/mol. The van der Waals surface area contributed by atoms with Gasteiger partial charge < -0.3 is 14.0 Å². The summed E-state index contributed by atoms with van der Waals surface area (Å²) in [6.45, 7) is 3.47. The minimum atomic E-state index is -0.435. The third kappa shape index (κ3) is 5.96. The van der Waals surface area contributed by atoms with E-state index in [9.17, 15) is 4.79 Å². The van der Waals surface area contributed by atoms with E-state index in [0.717, 1.165) is 40.2 Å². The Morgan fingerprint density at radius 1 is 0.838 bits per heavy atom. The summed E-state index contributed by atoms with van der Waals surface area (Å²) in [5.74, 6) is 1.73. The first-order chi connectivity index (χ1) is 18.2. The third-order valence-electron chi connectivity index (χ3n) is 5.93. The molecule has 0 unspecified atom stereocenters. The molecule has 1 heterocycles. The van der Waals surface area contributed by atoms with Crippen molar-refractivity contribution in [3.63, 3.8) is 0 Å². The maximum Gasteiger partial charge on any atom is 0.336 e. The molecule has 5 heteroatoms. The molecule has 0 bridgehead atoms. The Morgan fingerprint density at radius 3 is 2.30 bits per heavy atom. The molecule has 0 aliphatic carbocycles. The topological polar surface area (TPSA) is 53.4 Å². The van der Waals surface area contributed by atoms with Crippen LogP contribution in [0.5, 0.6) is 11.5 Å². The molecule has 0 radical (unpaired) electrons. The number of carbonyl (C=O) groups excluding carboxylic acids is 1. The number of carbonyl (C=O) groups is 1. The number of esters is 1. The second kappa shape index (κ2) is 11.4. The molecular formula is C32H28N2O3. The van der Waals surface area contributed by atoms with Crippen LogP contribution in [0.25, 0.3) is 28.5 Å². The van der Waals surface area contributed by atoms with Crippen LogP contribution < -0.4 is 9.47 Å². The Balaban J connectivity index is 1.29. The van der Waals surface area contributed by atoms with Crippen molar-refractivity contribution in [1.29, 1.82) is 0 Å². The SMILES string of the molecule is CCCOc1ccc(/C=C/C(=O)Oc2ccc(-c3nc4ccccc4n3Cc3ccccc3)cc2)cc1. The molecule has 184 valence electrons. The number of fused-ring (bicyclic) bond motifs is 1. The molecule has 5 aromatic rings. The Morgan fingerprint density at radius 2 is 1.54 bits per heavy atom. The number of hydrogen-bond donors (Lipinski definition) is 0. The summed E-state index contributed by atoms with van der Waals surface area (Å²) in [4.78, 5) is 17.3. The lowest BCUT2D eigenvalue weighted by molar-refractivity contribution is -0.128. The zero-order valence-corrected chi connectivity index (χ0v) is 20.7. The van der Waals surface area contributed by atoms with Crippen LogP contribution in [-0.2, 0) is 11.3 Å². The van der Waals surface area contributed by atoms with Gasteiger partial charge in [-0.2, -0.15) is 0 Å². The highest BCUT2D eigenvalue weighted by atomic mass is 16.5. The minimum Gasteiger partial charge on any atom is -0.494 e. The number of hydrogen-bond acceptors (Lipinski definition) is 4. The summed E-state index contributed by atoms with van der Waals surface area (Å²) in [7, 11) is 0. The zero-order valence-electron chi connectivity index (χ0n) is 20.7. The van der Waals surface area contributed by atoms with Crippen molar-refractivity contribution < 1.29 is 14.3 Å². The van der Waals surface area contributed by atoms with E-state index in [1.54, 1.807) is 18.2 Å². The number of para-hydroxylation sites is 2. The quantitative estimate of drug-likeness (QED) is 0.125. The van der Waals surface area contributed by atoms with Crippen LogP contribution in [-0.4, -0.2) is 22.1 Å². The normalized spacial score (nSPS) is 11.2. The van der Waals surface area contributed by atoms with Crippen molar-refractivity contribution in [2.45, 2.75) is 19.9 Å². The van der Waals surface area contributed by atoms with Crippen LogP contribution in [0.3, 0.4) is 0 Å². The molecule has 0 aliphatic heterocycles. The average Bonchev–Trinajstić information content (AvgIpc) is 3.30. The van der Waals surface area contributed by atoms with E-state index in [4.69, 9.17) is 14.5 Å². The summed E-state index contributed by atoms with van der Waals surface area (Å²) < 4.78 is 13.3. The first-order valence-electron chi connectivity index (χ1n) is 12.4. The van der Waals surface area contributed by atoms with Gasteiger partial charge in [0.25, 0.3) is 0 Å². The monoisotopic (exact) mass is 488 g/mol.